The zero-order chi connectivity index (χ0) is 28.0. The van der Waals surface area contributed by atoms with Gasteiger partial charge in [-0.2, -0.15) is 0 Å². The van der Waals surface area contributed by atoms with Crippen LogP contribution in [0, 0.1) is 5.82 Å². The molecule has 9 heteroatoms. The summed E-state index contributed by atoms with van der Waals surface area (Å²) in [5.74, 6) is -0.356. The summed E-state index contributed by atoms with van der Waals surface area (Å²) in [5.41, 5.74) is 3.05. The number of aliphatic hydroxyl groups is 1. The molecule has 4 aromatic rings. The van der Waals surface area contributed by atoms with E-state index in [2.05, 4.69) is 4.98 Å². The first-order valence-corrected chi connectivity index (χ1v) is 13.9. The fourth-order valence-electron chi connectivity index (χ4n) is 5.53. The van der Waals surface area contributed by atoms with Crippen LogP contribution in [0.2, 0.25) is 10.0 Å². The first kappa shape index (κ1) is 26.7. The molecule has 1 aliphatic carbocycles. The minimum absolute atomic E-state index is 0.0528. The van der Waals surface area contributed by atoms with Crippen molar-refractivity contribution in [2.75, 3.05) is 6.54 Å². The zero-order valence-corrected chi connectivity index (χ0v) is 23.0. The Hall–Kier alpha value is -3.52. The van der Waals surface area contributed by atoms with Gasteiger partial charge in [-0.05, 0) is 84.3 Å². The Bertz CT molecular complexity index is 1660. The van der Waals surface area contributed by atoms with Crippen LogP contribution in [-0.2, 0) is 23.2 Å². The van der Waals surface area contributed by atoms with E-state index in [1.807, 2.05) is 24.3 Å². The van der Waals surface area contributed by atoms with Crippen LogP contribution in [0.1, 0.15) is 53.6 Å². The van der Waals surface area contributed by atoms with Crippen LogP contribution in [0.5, 0.6) is 0 Å². The van der Waals surface area contributed by atoms with E-state index in [-0.39, 0.29) is 22.5 Å². The summed E-state index contributed by atoms with van der Waals surface area (Å²) in [6.45, 7) is 0.427. The predicted molar refractivity (Wildman–Crippen MR) is 152 cm³/mol. The highest BCUT2D eigenvalue weighted by Gasteiger charge is 2.48. The Kier molecular flexibility index (Phi) is 6.98. The van der Waals surface area contributed by atoms with Crippen LogP contribution < -0.4 is 5.56 Å². The first-order chi connectivity index (χ1) is 19.2. The Morgan fingerprint density at radius 2 is 1.82 bits per heavy atom. The van der Waals surface area contributed by atoms with Gasteiger partial charge in [0.25, 0.3) is 11.5 Å². The standard InChI is InChI=1S/C31H26Cl2FN3O3/c32-22-7-2-6-21(15-22)31(9-10-31)30-35-26-8-3-11-37(17-25(26)28(39)36-30)29(40)27(38)19-5-1-4-18(12-19)20-13-23(33)16-24(34)14-20/h1-2,4-7,12-16,27,38H,3,8-11,17H2,(H,35,36,39)/t27-/m1/s1. The van der Waals surface area contributed by atoms with E-state index in [1.165, 1.54) is 17.0 Å². The van der Waals surface area contributed by atoms with Gasteiger partial charge in [0.15, 0.2) is 6.10 Å². The lowest BCUT2D eigenvalue weighted by Crippen LogP contribution is -2.36. The van der Waals surface area contributed by atoms with Gasteiger partial charge in [-0.15, -0.1) is 0 Å². The van der Waals surface area contributed by atoms with Crippen LogP contribution >= 0.6 is 23.2 Å². The largest absolute Gasteiger partial charge is 0.378 e. The number of fused-ring (bicyclic) bond motifs is 1. The average molecular weight is 578 g/mol. The number of nitrogens with one attached hydrogen (secondary N) is 1. The Labute approximate surface area is 240 Å². The number of amides is 1. The summed E-state index contributed by atoms with van der Waals surface area (Å²) in [7, 11) is 0. The monoisotopic (exact) mass is 577 g/mol. The maximum Gasteiger partial charge on any atom is 0.256 e. The van der Waals surface area contributed by atoms with Gasteiger partial charge in [0.2, 0.25) is 0 Å². The van der Waals surface area contributed by atoms with E-state index < -0.39 is 17.8 Å². The molecule has 6 nitrogen and oxygen atoms in total. The Morgan fingerprint density at radius 3 is 2.58 bits per heavy atom. The van der Waals surface area contributed by atoms with Gasteiger partial charge in [-0.3, -0.25) is 9.59 Å². The molecule has 1 amide bonds. The summed E-state index contributed by atoms with van der Waals surface area (Å²) in [6.07, 6.45) is 1.44. The van der Waals surface area contributed by atoms with E-state index in [1.54, 1.807) is 30.3 Å². The molecule has 1 atom stereocenters. The number of carbonyl (C=O) groups is 1. The van der Waals surface area contributed by atoms with Crippen LogP contribution in [0.15, 0.2) is 71.5 Å². The molecule has 6 rings (SSSR count). The predicted octanol–water partition coefficient (Wildman–Crippen LogP) is 5.97. The number of rotatable bonds is 5. The average Bonchev–Trinajstić information content (AvgIpc) is 3.76. The van der Waals surface area contributed by atoms with Crippen LogP contribution in [0.3, 0.4) is 0 Å². The van der Waals surface area contributed by atoms with Crippen molar-refractivity contribution in [3.8, 4) is 11.1 Å². The number of aryl methyl sites for hydroxylation is 1. The highest BCUT2D eigenvalue weighted by atomic mass is 35.5. The van der Waals surface area contributed by atoms with Crippen molar-refractivity contribution >= 4 is 29.1 Å². The second kappa shape index (κ2) is 10.5. The molecule has 1 saturated carbocycles. The molecule has 1 aliphatic heterocycles. The molecule has 2 heterocycles. The quantitative estimate of drug-likeness (QED) is 0.306. The van der Waals surface area contributed by atoms with Gasteiger partial charge in [0.1, 0.15) is 11.6 Å². The topological polar surface area (TPSA) is 86.3 Å². The number of carbonyl (C=O) groups excluding carboxylic acids is 1. The highest BCUT2D eigenvalue weighted by Crippen LogP contribution is 2.52. The second-order valence-electron chi connectivity index (χ2n) is 10.5. The molecule has 204 valence electrons. The van der Waals surface area contributed by atoms with Crippen LogP contribution in [0.25, 0.3) is 11.1 Å². The van der Waals surface area contributed by atoms with Gasteiger partial charge in [-0.1, -0.05) is 53.5 Å². The number of aliphatic hydroxyl groups excluding tert-OH is 1. The van der Waals surface area contributed by atoms with Crippen molar-refractivity contribution in [1.29, 1.82) is 0 Å². The summed E-state index contributed by atoms with van der Waals surface area (Å²) >= 11 is 12.2. The molecule has 3 aromatic carbocycles. The molecule has 0 spiro atoms. The number of aromatic amines is 1. The van der Waals surface area contributed by atoms with E-state index in [0.29, 0.717) is 58.2 Å². The maximum atomic E-state index is 13.9. The molecule has 0 radical (unpaired) electrons. The lowest BCUT2D eigenvalue weighted by atomic mass is 9.94. The lowest BCUT2D eigenvalue weighted by molar-refractivity contribution is -0.141. The smallest absolute Gasteiger partial charge is 0.256 e. The van der Waals surface area contributed by atoms with Crippen LogP contribution in [0.4, 0.5) is 4.39 Å². The second-order valence-corrected chi connectivity index (χ2v) is 11.4. The van der Waals surface area contributed by atoms with Crippen molar-refractivity contribution in [3.05, 3.63) is 121 Å². The fourth-order valence-corrected chi connectivity index (χ4v) is 5.95. The fraction of sp³-hybridized carbons (Fsp3) is 0.258. The number of H-pyrrole nitrogens is 1. The third-order valence-corrected chi connectivity index (χ3v) is 8.27. The minimum atomic E-state index is -1.45. The Morgan fingerprint density at radius 1 is 1.02 bits per heavy atom. The molecule has 0 unspecified atom stereocenters. The molecule has 2 aliphatic rings. The van der Waals surface area contributed by atoms with Crippen molar-refractivity contribution < 1.29 is 14.3 Å². The number of benzene rings is 3. The SMILES string of the molecule is O=C([C@H](O)c1cccc(-c2cc(F)cc(Cl)c2)c1)N1CCCc2nc(C3(c4cccc(Cl)c4)CC3)[nH]c(=O)c2C1. The van der Waals surface area contributed by atoms with Crippen molar-refractivity contribution in [2.24, 2.45) is 0 Å². The number of halogens is 3. The molecule has 1 fully saturated rings. The number of nitrogens with zero attached hydrogens (tertiary/aromatic N) is 2. The molecule has 40 heavy (non-hydrogen) atoms. The Balaban J connectivity index is 1.25. The number of hydrogen-bond donors (Lipinski definition) is 2. The van der Waals surface area contributed by atoms with Crippen molar-refractivity contribution in [1.82, 2.24) is 14.9 Å². The lowest BCUT2D eigenvalue weighted by Gasteiger charge is -2.24. The molecular weight excluding hydrogens is 552 g/mol. The van der Waals surface area contributed by atoms with E-state index >= 15 is 0 Å². The van der Waals surface area contributed by atoms with Crippen molar-refractivity contribution in [3.63, 3.8) is 0 Å². The summed E-state index contributed by atoms with van der Waals surface area (Å²) < 4.78 is 13.9. The summed E-state index contributed by atoms with van der Waals surface area (Å²) in [4.78, 5) is 36.1. The molecule has 2 N–H and O–H groups in total. The molecular formula is C31H26Cl2FN3O3. The number of aromatic nitrogens is 2. The summed E-state index contributed by atoms with van der Waals surface area (Å²) in [5, 5.41) is 11.9. The van der Waals surface area contributed by atoms with Crippen LogP contribution in [-0.4, -0.2) is 32.4 Å². The summed E-state index contributed by atoms with van der Waals surface area (Å²) in [6, 6.07) is 18.6. The van der Waals surface area contributed by atoms with E-state index in [0.717, 1.165) is 18.4 Å². The third kappa shape index (κ3) is 5.05. The third-order valence-electron chi connectivity index (χ3n) is 7.82. The van der Waals surface area contributed by atoms with Crippen molar-refractivity contribution in [2.45, 2.75) is 43.7 Å². The minimum Gasteiger partial charge on any atom is -0.378 e. The first-order valence-electron chi connectivity index (χ1n) is 13.2. The van der Waals surface area contributed by atoms with Gasteiger partial charge < -0.3 is 15.0 Å². The highest BCUT2D eigenvalue weighted by molar-refractivity contribution is 6.31. The number of hydrogen-bond acceptors (Lipinski definition) is 4. The van der Waals surface area contributed by atoms with E-state index in [9.17, 15) is 19.1 Å². The van der Waals surface area contributed by atoms with Gasteiger partial charge in [-0.25, -0.2) is 9.37 Å². The van der Waals surface area contributed by atoms with Gasteiger partial charge >= 0.3 is 0 Å². The maximum absolute atomic E-state index is 13.9. The van der Waals surface area contributed by atoms with Gasteiger partial charge in [0, 0.05) is 16.6 Å². The molecule has 1 aromatic heterocycles. The normalized spacial score (nSPS) is 16.6. The zero-order valence-electron chi connectivity index (χ0n) is 21.5. The molecule has 0 saturated heterocycles. The van der Waals surface area contributed by atoms with E-state index in [4.69, 9.17) is 28.2 Å². The van der Waals surface area contributed by atoms with Gasteiger partial charge in [0.05, 0.1) is 23.2 Å². The molecule has 0 bridgehead atoms.